The summed E-state index contributed by atoms with van der Waals surface area (Å²) in [5, 5.41) is 14.8. The molecule has 3 aromatic rings. The highest BCUT2D eigenvalue weighted by atomic mass is 35.5. The van der Waals surface area contributed by atoms with Crippen molar-refractivity contribution in [2.24, 2.45) is 0 Å². The van der Waals surface area contributed by atoms with Crippen LogP contribution in [0.15, 0.2) is 78.9 Å². The number of amides is 2. The van der Waals surface area contributed by atoms with Crippen LogP contribution in [-0.2, 0) is 11.2 Å². The van der Waals surface area contributed by atoms with Crippen molar-refractivity contribution in [1.82, 2.24) is 5.32 Å². The van der Waals surface area contributed by atoms with Crippen molar-refractivity contribution in [2.45, 2.75) is 12.5 Å². The van der Waals surface area contributed by atoms with E-state index in [-0.39, 0.29) is 17.0 Å². The van der Waals surface area contributed by atoms with Crippen molar-refractivity contribution < 1.29 is 24.2 Å². The Morgan fingerprint density at radius 2 is 1.55 bits per heavy atom. The zero-order valence-electron chi connectivity index (χ0n) is 16.2. The molecular formula is C23H19ClN2O5. The highest BCUT2D eigenvalue weighted by molar-refractivity contribution is 6.33. The van der Waals surface area contributed by atoms with Gasteiger partial charge in [-0.05, 0) is 42.0 Å². The summed E-state index contributed by atoms with van der Waals surface area (Å²) in [5.41, 5.74) is 1.44. The maximum Gasteiger partial charge on any atom is 0.417 e. The lowest BCUT2D eigenvalue weighted by Gasteiger charge is -2.15. The lowest BCUT2D eigenvalue weighted by Crippen LogP contribution is -2.42. The van der Waals surface area contributed by atoms with E-state index in [0.717, 1.165) is 0 Å². The largest absolute Gasteiger partial charge is 0.480 e. The Morgan fingerprint density at radius 3 is 2.19 bits per heavy atom. The number of carboxylic acid groups (broad SMARTS) is 1. The lowest BCUT2D eigenvalue weighted by atomic mass is 10.1. The van der Waals surface area contributed by atoms with Crippen LogP contribution in [-0.4, -0.2) is 29.1 Å². The topological polar surface area (TPSA) is 105 Å². The summed E-state index contributed by atoms with van der Waals surface area (Å²) < 4.78 is 5.21. The van der Waals surface area contributed by atoms with Gasteiger partial charge in [0.15, 0.2) is 0 Å². The lowest BCUT2D eigenvalue weighted by molar-refractivity contribution is -0.139. The van der Waals surface area contributed by atoms with Gasteiger partial charge in [0.1, 0.15) is 11.8 Å². The summed E-state index contributed by atoms with van der Waals surface area (Å²) in [6, 6.07) is 20.5. The van der Waals surface area contributed by atoms with Gasteiger partial charge in [-0.3, -0.25) is 10.1 Å². The number of benzene rings is 3. The van der Waals surface area contributed by atoms with Crippen molar-refractivity contribution in [3.63, 3.8) is 0 Å². The van der Waals surface area contributed by atoms with Gasteiger partial charge in [0, 0.05) is 12.1 Å². The van der Waals surface area contributed by atoms with Gasteiger partial charge < -0.3 is 15.2 Å². The van der Waals surface area contributed by atoms with Gasteiger partial charge in [-0.15, -0.1) is 0 Å². The minimum Gasteiger partial charge on any atom is -0.480 e. The minimum atomic E-state index is -1.18. The van der Waals surface area contributed by atoms with Gasteiger partial charge in [0.05, 0.1) is 10.6 Å². The molecule has 7 nitrogen and oxygen atoms in total. The molecule has 1 unspecified atom stereocenters. The second-order valence-corrected chi connectivity index (χ2v) is 6.98. The fourth-order valence-electron chi connectivity index (χ4n) is 2.78. The quantitative estimate of drug-likeness (QED) is 0.508. The molecule has 3 rings (SSSR count). The molecule has 0 aliphatic carbocycles. The highest BCUT2D eigenvalue weighted by Gasteiger charge is 2.22. The average molecular weight is 439 g/mol. The molecule has 0 aromatic heterocycles. The Balaban J connectivity index is 1.60. The van der Waals surface area contributed by atoms with Crippen LogP contribution in [0.4, 0.5) is 10.5 Å². The normalized spacial score (nSPS) is 11.3. The van der Waals surface area contributed by atoms with E-state index in [0.29, 0.717) is 17.0 Å². The minimum absolute atomic E-state index is 0.0437. The maximum atomic E-state index is 12.4. The summed E-state index contributed by atoms with van der Waals surface area (Å²) in [6.07, 6.45) is -0.600. The number of aliphatic carboxylic acids is 1. The van der Waals surface area contributed by atoms with Crippen LogP contribution < -0.4 is 15.4 Å². The highest BCUT2D eigenvalue weighted by Crippen LogP contribution is 2.17. The number of ether oxygens (including phenoxy) is 1. The third-order valence-electron chi connectivity index (χ3n) is 4.32. The molecule has 0 bridgehead atoms. The summed E-state index contributed by atoms with van der Waals surface area (Å²) in [4.78, 5) is 35.9. The molecule has 1 atom stereocenters. The molecule has 3 N–H and O–H groups in total. The van der Waals surface area contributed by atoms with Crippen LogP contribution in [0, 0.1) is 0 Å². The van der Waals surface area contributed by atoms with Crippen LogP contribution in [0.25, 0.3) is 0 Å². The van der Waals surface area contributed by atoms with Crippen molar-refractivity contribution in [2.75, 3.05) is 5.32 Å². The van der Waals surface area contributed by atoms with Crippen molar-refractivity contribution in [1.29, 1.82) is 0 Å². The maximum absolute atomic E-state index is 12.4. The molecule has 3 aromatic carbocycles. The Bertz CT molecular complexity index is 1070. The number of carbonyl (C=O) groups excluding carboxylic acids is 2. The van der Waals surface area contributed by atoms with Gasteiger partial charge in [0.25, 0.3) is 5.91 Å². The Hall–Kier alpha value is -3.84. The van der Waals surface area contributed by atoms with Gasteiger partial charge >= 0.3 is 12.1 Å². The predicted molar refractivity (Wildman–Crippen MR) is 117 cm³/mol. The first-order valence-corrected chi connectivity index (χ1v) is 9.71. The zero-order chi connectivity index (χ0) is 22.2. The molecule has 0 fully saturated rings. The van der Waals surface area contributed by atoms with Crippen LogP contribution in [0.5, 0.6) is 5.75 Å². The monoisotopic (exact) mass is 438 g/mol. The molecule has 0 spiro atoms. The molecule has 0 saturated heterocycles. The molecule has 0 heterocycles. The van der Waals surface area contributed by atoms with Crippen LogP contribution >= 0.6 is 11.6 Å². The van der Waals surface area contributed by atoms with Gasteiger partial charge in [0.2, 0.25) is 0 Å². The van der Waals surface area contributed by atoms with Crippen LogP contribution in [0.2, 0.25) is 5.02 Å². The van der Waals surface area contributed by atoms with E-state index in [1.807, 2.05) is 6.07 Å². The van der Waals surface area contributed by atoms with E-state index in [4.69, 9.17) is 16.3 Å². The van der Waals surface area contributed by atoms with Gasteiger partial charge in [-0.2, -0.15) is 0 Å². The number of hydrogen-bond acceptors (Lipinski definition) is 4. The predicted octanol–water partition coefficient (Wildman–Crippen LogP) is 4.38. The third kappa shape index (κ3) is 6.32. The summed E-state index contributed by atoms with van der Waals surface area (Å²) in [7, 11) is 0. The molecule has 2 amide bonds. The van der Waals surface area contributed by atoms with E-state index in [2.05, 4.69) is 10.6 Å². The van der Waals surface area contributed by atoms with Crippen molar-refractivity contribution in [3.8, 4) is 5.75 Å². The zero-order valence-corrected chi connectivity index (χ0v) is 17.0. The number of anilines is 1. The second kappa shape index (κ2) is 10.3. The number of rotatable bonds is 7. The smallest absolute Gasteiger partial charge is 0.417 e. The molecule has 0 saturated carbocycles. The molecule has 8 heteroatoms. The molecular weight excluding hydrogens is 420 g/mol. The summed E-state index contributed by atoms with van der Waals surface area (Å²) >= 11 is 6.00. The summed E-state index contributed by atoms with van der Waals surface area (Å²) in [5.74, 6) is -1.46. The SMILES string of the molecule is O=C(Nc1ccccc1)Oc1ccc(CC(NC(=O)c2ccccc2Cl)C(=O)O)cc1. The van der Waals surface area contributed by atoms with Crippen molar-refractivity contribution in [3.05, 3.63) is 95.0 Å². The third-order valence-corrected chi connectivity index (χ3v) is 4.65. The number of nitrogens with one attached hydrogen (secondary N) is 2. The summed E-state index contributed by atoms with van der Waals surface area (Å²) in [6.45, 7) is 0. The number of para-hydroxylation sites is 1. The van der Waals surface area contributed by atoms with Gasteiger partial charge in [-0.25, -0.2) is 9.59 Å². The first kappa shape index (κ1) is 21.9. The van der Waals surface area contributed by atoms with Gasteiger partial charge in [-0.1, -0.05) is 54.1 Å². The van der Waals surface area contributed by atoms with E-state index >= 15 is 0 Å². The van der Waals surface area contributed by atoms with E-state index < -0.39 is 24.0 Å². The molecule has 0 aliphatic heterocycles. The standard InChI is InChI=1S/C23H19ClN2O5/c24-19-9-5-4-8-18(19)21(27)26-20(22(28)29)14-15-10-12-17(13-11-15)31-23(30)25-16-6-2-1-3-7-16/h1-13,20H,14H2,(H,25,30)(H,26,27)(H,28,29). The van der Waals surface area contributed by atoms with E-state index in [1.54, 1.807) is 66.7 Å². The van der Waals surface area contributed by atoms with Crippen LogP contribution in [0.1, 0.15) is 15.9 Å². The number of hydrogen-bond donors (Lipinski definition) is 3. The first-order chi connectivity index (χ1) is 14.9. The molecule has 31 heavy (non-hydrogen) atoms. The fourth-order valence-corrected chi connectivity index (χ4v) is 3.00. The Morgan fingerprint density at radius 1 is 0.903 bits per heavy atom. The van der Waals surface area contributed by atoms with Crippen molar-refractivity contribution >= 4 is 35.3 Å². The Labute approximate surface area is 183 Å². The number of halogens is 1. The molecule has 158 valence electrons. The van der Waals surface area contributed by atoms with E-state index in [1.165, 1.54) is 6.07 Å². The number of carboxylic acids is 1. The molecule has 0 aliphatic rings. The molecule has 0 radical (unpaired) electrons. The number of carbonyl (C=O) groups is 3. The fraction of sp³-hybridized carbons (Fsp3) is 0.0870. The average Bonchev–Trinajstić information content (AvgIpc) is 2.75. The Kier molecular flexibility index (Phi) is 7.24. The first-order valence-electron chi connectivity index (χ1n) is 9.33. The van der Waals surface area contributed by atoms with E-state index in [9.17, 15) is 19.5 Å². The second-order valence-electron chi connectivity index (χ2n) is 6.57. The van der Waals surface area contributed by atoms with Crippen LogP contribution in [0.3, 0.4) is 0 Å².